The number of benzene rings is 1. The molecular formula is C18H25NO7S. The van der Waals surface area contributed by atoms with Crippen molar-refractivity contribution in [1.82, 2.24) is 4.31 Å². The molecule has 0 aromatic heterocycles. The third-order valence-electron chi connectivity index (χ3n) is 4.63. The average Bonchev–Trinajstić information content (AvgIpc) is 3.13. The monoisotopic (exact) mass is 399 g/mol. The second kappa shape index (κ2) is 8.79. The fraction of sp³-hybridized carbons (Fsp3) is 0.611. The lowest BCUT2D eigenvalue weighted by Gasteiger charge is -2.30. The van der Waals surface area contributed by atoms with Crippen LogP contribution >= 0.6 is 0 Å². The molecule has 1 aromatic rings. The molecule has 0 bridgehead atoms. The standard InChI is InChI=1S/C18H25NO7S/c1-2-23-18(20)14-6-8-19(9-7-14)27(21,22)11-3-10-24-15-4-5-16-17(12-15)26-13-25-16/h4-5,12,14H,2-3,6-11,13H2,1H3. The number of esters is 1. The molecule has 0 N–H and O–H groups in total. The first-order chi connectivity index (χ1) is 13.0. The third kappa shape index (κ3) is 5.04. The Labute approximate surface area is 159 Å². The van der Waals surface area contributed by atoms with E-state index in [0.29, 0.717) is 56.2 Å². The number of hydrogen-bond acceptors (Lipinski definition) is 7. The Hall–Kier alpha value is -2.00. The highest BCUT2D eigenvalue weighted by atomic mass is 32.2. The van der Waals surface area contributed by atoms with Gasteiger partial charge in [-0.1, -0.05) is 0 Å². The maximum absolute atomic E-state index is 12.5. The molecule has 0 spiro atoms. The summed E-state index contributed by atoms with van der Waals surface area (Å²) < 4.78 is 47.5. The average molecular weight is 399 g/mol. The van der Waals surface area contributed by atoms with Crippen molar-refractivity contribution in [2.24, 2.45) is 5.92 Å². The molecule has 0 saturated carbocycles. The van der Waals surface area contributed by atoms with E-state index in [9.17, 15) is 13.2 Å². The Kier molecular flexibility index (Phi) is 6.43. The molecule has 0 radical (unpaired) electrons. The topological polar surface area (TPSA) is 91.4 Å². The van der Waals surface area contributed by atoms with Crippen LogP contribution in [0, 0.1) is 5.92 Å². The zero-order chi connectivity index (χ0) is 19.3. The molecular weight excluding hydrogens is 374 g/mol. The molecule has 27 heavy (non-hydrogen) atoms. The highest BCUT2D eigenvalue weighted by molar-refractivity contribution is 7.89. The predicted octanol–water partition coefficient (Wildman–Crippen LogP) is 1.79. The molecule has 1 saturated heterocycles. The fourth-order valence-corrected chi connectivity index (χ4v) is 4.66. The predicted molar refractivity (Wildman–Crippen MR) is 97.4 cm³/mol. The summed E-state index contributed by atoms with van der Waals surface area (Å²) in [7, 11) is -3.35. The molecule has 1 aromatic carbocycles. The van der Waals surface area contributed by atoms with Crippen LogP contribution < -0.4 is 14.2 Å². The van der Waals surface area contributed by atoms with Gasteiger partial charge in [-0.05, 0) is 38.3 Å². The van der Waals surface area contributed by atoms with Crippen LogP contribution in [0.15, 0.2) is 18.2 Å². The molecule has 2 aliphatic heterocycles. The van der Waals surface area contributed by atoms with Crippen molar-refractivity contribution in [2.75, 3.05) is 38.8 Å². The Balaban J connectivity index is 1.41. The highest BCUT2D eigenvalue weighted by Gasteiger charge is 2.31. The van der Waals surface area contributed by atoms with Gasteiger partial charge in [-0.15, -0.1) is 0 Å². The fourth-order valence-electron chi connectivity index (χ4n) is 3.16. The van der Waals surface area contributed by atoms with Crippen molar-refractivity contribution in [1.29, 1.82) is 0 Å². The molecule has 2 heterocycles. The number of nitrogens with zero attached hydrogens (tertiary/aromatic N) is 1. The van der Waals surface area contributed by atoms with E-state index in [0.717, 1.165) is 0 Å². The zero-order valence-electron chi connectivity index (χ0n) is 15.4. The van der Waals surface area contributed by atoms with Crippen molar-refractivity contribution in [2.45, 2.75) is 26.2 Å². The molecule has 0 amide bonds. The van der Waals surface area contributed by atoms with E-state index < -0.39 is 10.0 Å². The van der Waals surface area contributed by atoms with Gasteiger partial charge in [0.25, 0.3) is 0 Å². The molecule has 2 aliphatic rings. The lowest BCUT2D eigenvalue weighted by Crippen LogP contribution is -2.41. The Bertz CT molecular complexity index is 757. The zero-order valence-corrected chi connectivity index (χ0v) is 16.2. The van der Waals surface area contributed by atoms with Crippen molar-refractivity contribution >= 4 is 16.0 Å². The van der Waals surface area contributed by atoms with Gasteiger partial charge in [0.15, 0.2) is 11.5 Å². The van der Waals surface area contributed by atoms with E-state index in [-0.39, 0.29) is 31.0 Å². The number of sulfonamides is 1. The molecule has 0 atom stereocenters. The Morgan fingerprint density at radius 1 is 1.22 bits per heavy atom. The number of rotatable bonds is 8. The van der Waals surface area contributed by atoms with Crippen LogP contribution in [-0.2, 0) is 19.6 Å². The number of ether oxygens (including phenoxy) is 4. The van der Waals surface area contributed by atoms with Gasteiger partial charge in [0.2, 0.25) is 16.8 Å². The van der Waals surface area contributed by atoms with Gasteiger partial charge >= 0.3 is 5.97 Å². The van der Waals surface area contributed by atoms with E-state index in [1.165, 1.54) is 4.31 Å². The second-order valence-corrected chi connectivity index (χ2v) is 8.55. The van der Waals surface area contributed by atoms with Gasteiger partial charge in [-0.2, -0.15) is 0 Å². The first-order valence-electron chi connectivity index (χ1n) is 9.16. The van der Waals surface area contributed by atoms with Gasteiger partial charge in [0, 0.05) is 19.2 Å². The summed E-state index contributed by atoms with van der Waals surface area (Å²) in [4.78, 5) is 11.7. The summed E-state index contributed by atoms with van der Waals surface area (Å²) >= 11 is 0. The van der Waals surface area contributed by atoms with Crippen LogP contribution in [0.4, 0.5) is 0 Å². The van der Waals surface area contributed by atoms with Crippen LogP contribution in [-0.4, -0.2) is 57.5 Å². The summed E-state index contributed by atoms with van der Waals surface area (Å²) in [6.45, 7) is 3.32. The summed E-state index contributed by atoms with van der Waals surface area (Å²) in [6, 6.07) is 5.27. The minimum atomic E-state index is -3.35. The van der Waals surface area contributed by atoms with Crippen molar-refractivity contribution in [3.63, 3.8) is 0 Å². The molecule has 0 unspecified atom stereocenters. The van der Waals surface area contributed by atoms with E-state index >= 15 is 0 Å². The van der Waals surface area contributed by atoms with Crippen LogP contribution in [0.2, 0.25) is 0 Å². The summed E-state index contributed by atoms with van der Waals surface area (Å²) in [5.74, 6) is 1.51. The van der Waals surface area contributed by atoms with Crippen LogP contribution in [0.1, 0.15) is 26.2 Å². The summed E-state index contributed by atoms with van der Waals surface area (Å²) in [5, 5.41) is 0. The molecule has 9 heteroatoms. The van der Waals surface area contributed by atoms with Crippen LogP contribution in [0.3, 0.4) is 0 Å². The number of hydrogen-bond donors (Lipinski definition) is 0. The SMILES string of the molecule is CCOC(=O)C1CCN(S(=O)(=O)CCCOc2ccc3c(c2)OCO3)CC1. The molecule has 8 nitrogen and oxygen atoms in total. The third-order valence-corrected chi connectivity index (χ3v) is 6.58. The minimum Gasteiger partial charge on any atom is -0.493 e. The minimum absolute atomic E-state index is 0.0155. The van der Waals surface area contributed by atoms with Crippen molar-refractivity contribution in [3.05, 3.63) is 18.2 Å². The normalized spacial score (nSPS) is 17.7. The van der Waals surface area contributed by atoms with Crippen molar-refractivity contribution in [3.8, 4) is 17.2 Å². The molecule has 3 rings (SSSR count). The van der Waals surface area contributed by atoms with Gasteiger partial charge in [-0.3, -0.25) is 4.79 Å². The van der Waals surface area contributed by atoms with E-state index in [1.807, 2.05) is 0 Å². The molecule has 1 fully saturated rings. The lowest BCUT2D eigenvalue weighted by atomic mass is 9.98. The van der Waals surface area contributed by atoms with E-state index in [4.69, 9.17) is 18.9 Å². The number of carbonyl (C=O) groups excluding carboxylic acids is 1. The van der Waals surface area contributed by atoms with Crippen LogP contribution in [0.5, 0.6) is 17.2 Å². The van der Waals surface area contributed by atoms with Crippen molar-refractivity contribution < 1.29 is 32.2 Å². The first-order valence-corrected chi connectivity index (χ1v) is 10.8. The lowest BCUT2D eigenvalue weighted by molar-refractivity contribution is -0.149. The smallest absolute Gasteiger partial charge is 0.309 e. The highest BCUT2D eigenvalue weighted by Crippen LogP contribution is 2.35. The maximum atomic E-state index is 12.5. The molecule has 0 aliphatic carbocycles. The summed E-state index contributed by atoms with van der Waals surface area (Å²) in [6.07, 6.45) is 1.39. The van der Waals surface area contributed by atoms with Gasteiger partial charge < -0.3 is 18.9 Å². The van der Waals surface area contributed by atoms with Crippen LogP contribution in [0.25, 0.3) is 0 Å². The van der Waals surface area contributed by atoms with Gasteiger partial charge in [0.05, 0.1) is 24.9 Å². The molecule has 150 valence electrons. The van der Waals surface area contributed by atoms with E-state index in [1.54, 1.807) is 25.1 Å². The quantitative estimate of drug-likeness (QED) is 0.486. The first kappa shape index (κ1) is 19.8. The number of piperidine rings is 1. The Morgan fingerprint density at radius 2 is 1.96 bits per heavy atom. The second-order valence-electron chi connectivity index (χ2n) is 6.46. The van der Waals surface area contributed by atoms with E-state index in [2.05, 4.69) is 0 Å². The maximum Gasteiger partial charge on any atom is 0.309 e. The Morgan fingerprint density at radius 3 is 2.70 bits per heavy atom. The van der Waals surface area contributed by atoms with Gasteiger partial charge in [-0.25, -0.2) is 12.7 Å². The number of fused-ring (bicyclic) bond motifs is 1. The number of carbonyl (C=O) groups is 1. The largest absolute Gasteiger partial charge is 0.493 e. The van der Waals surface area contributed by atoms with Gasteiger partial charge in [0.1, 0.15) is 5.75 Å². The summed E-state index contributed by atoms with van der Waals surface area (Å²) in [5.41, 5.74) is 0.